The Bertz CT molecular complexity index is 1100. The van der Waals surface area contributed by atoms with Crippen LogP contribution < -0.4 is 10.2 Å². The highest BCUT2D eigenvalue weighted by molar-refractivity contribution is 6.30. The van der Waals surface area contributed by atoms with E-state index in [-0.39, 0.29) is 18.1 Å². The summed E-state index contributed by atoms with van der Waals surface area (Å²) in [6.07, 6.45) is 0. The quantitative estimate of drug-likeness (QED) is 0.406. The van der Waals surface area contributed by atoms with Gasteiger partial charge in [0.15, 0.2) is 0 Å². The molecule has 2 saturated heterocycles. The van der Waals surface area contributed by atoms with Gasteiger partial charge in [0.1, 0.15) is 12.1 Å². The fraction of sp³-hybridized carbons (Fsp3) is 0.318. The highest BCUT2D eigenvalue weighted by atomic mass is 35.5. The third kappa shape index (κ3) is 4.34. The standard InChI is InChI=1S/C22H22ClN5O5/c1-22(15-2-4-16(23)5-3-15)20(30)27(21(31)24-22)14-19(29)26-12-10-25(11-13-26)17-6-8-18(9-7-17)28(32)33/h2-9H,10-14H2,1H3,(H,24,31). The molecule has 4 amide bonds. The van der Waals surface area contributed by atoms with Crippen LogP contribution in [-0.2, 0) is 15.1 Å². The van der Waals surface area contributed by atoms with E-state index < -0.39 is 22.4 Å². The molecular weight excluding hydrogens is 450 g/mol. The third-order valence-electron chi connectivity index (χ3n) is 6.05. The predicted molar refractivity (Wildman–Crippen MR) is 121 cm³/mol. The van der Waals surface area contributed by atoms with Crippen LogP contribution >= 0.6 is 11.6 Å². The molecule has 0 aliphatic carbocycles. The molecule has 2 fully saturated rings. The number of anilines is 1. The summed E-state index contributed by atoms with van der Waals surface area (Å²) in [6, 6.07) is 12.3. The topological polar surface area (TPSA) is 116 Å². The Morgan fingerprint density at radius 3 is 2.24 bits per heavy atom. The van der Waals surface area contributed by atoms with Crippen molar-refractivity contribution in [3.05, 3.63) is 69.2 Å². The number of imide groups is 1. The van der Waals surface area contributed by atoms with Gasteiger partial charge in [-0.1, -0.05) is 23.7 Å². The Kier molecular flexibility index (Phi) is 5.94. The second-order valence-corrected chi connectivity index (χ2v) is 8.53. The van der Waals surface area contributed by atoms with Crippen molar-refractivity contribution in [1.82, 2.24) is 15.1 Å². The van der Waals surface area contributed by atoms with E-state index in [1.165, 1.54) is 12.1 Å². The SMILES string of the molecule is CC1(c2ccc(Cl)cc2)NC(=O)N(CC(=O)N2CCN(c3ccc([N+](=O)[O-])cc3)CC2)C1=O. The van der Waals surface area contributed by atoms with Gasteiger partial charge in [0.25, 0.3) is 11.6 Å². The van der Waals surface area contributed by atoms with Crippen LogP contribution in [0, 0.1) is 10.1 Å². The van der Waals surface area contributed by atoms with Crippen molar-refractivity contribution in [2.24, 2.45) is 0 Å². The predicted octanol–water partition coefficient (Wildman–Crippen LogP) is 2.36. The van der Waals surface area contributed by atoms with Crippen LogP contribution in [0.15, 0.2) is 48.5 Å². The number of carbonyl (C=O) groups is 3. The van der Waals surface area contributed by atoms with E-state index in [1.54, 1.807) is 48.2 Å². The van der Waals surface area contributed by atoms with Crippen molar-refractivity contribution < 1.29 is 19.3 Å². The van der Waals surface area contributed by atoms with Gasteiger partial charge in [-0.25, -0.2) is 4.79 Å². The molecule has 10 nitrogen and oxygen atoms in total. The first-order chi connectivity index (χ1) is 15.7. The van der Waals surface area contributed by atoms with Crippen LogP contribution in [-0.4, -0.2) is 65.3 Å². The summed E-state index contributed by atoms with van der Waals surface area (Å²) in [5.74, 6) is -0.810. The highest BCUT2D eigenvalue weighted by Gasteiger charge is 2.49. The van der Waals surface area contributed by atoms with Crippen molar-refractivity contribution in [3.63, 3.8) is 0 Å². The monoisotopic (exact) mass is 471 g/mol. The van der Waals surface area contributed by atoms with E-state index in [1.807, 2.05) is 4.90 Å². The smallest absolute Gasteiger partial charge is 0.325 e. The Balaban J connectivity index is 1.37. The van der Waals surface area contributed by atoms with Crippen molar-refractivity contribution in [2.45, 2.75) is 12.5 Å². The molecular formula is C22H22ClN5O5. The Hall–Kier alpha value is -3.66. The van der Waals surface area contributed by atoms with Gasteiger partial charge >= 0.3 is 6.03 Å². The van der Waals surface area contributed by atoms with E-state index in [4.69, 9.17) is 11.6 Å². The number of nitrogens with one attached hydrogen (secondary N) is 1. The number of nitrogens with zero attached hydrogens (tertiary/aromatic N) is 4. The van der Waals surface area contributed by atoms with Gasteiger partial charge in [-0.15, -0.1) is 0 Å². The normalized spacial score (nSPS) is 20.7. The lowest BCUT2D eigenvalue weighted by molar-refractivity contribution is -0.384. The van der Waals surface area contributed by atoms with E-state index in [2.05, 4.69) is 5.32 Å². The lowest BCUT2D eigenvalue weighted by atomic mass is 9.92. The number of amides is 4. The Morgan fingerprint density at radius 1 is 1.06 bits per heavy atom. The minimum absolute atomic E-state index is 0.0201. The van der Waals surface area contributed by atoms with E-state index in [0.717, 1.165) is 10.6 Å². The largest absolute Gasteiger partial charge is 0.368 e. The summed E-state index contributed by atoms with van der Waals surface area (Å²) >= 11 is 5.92. The molecule has 2 heterocycles. The molecule has 0 bridgehead atoms. The van der Waals surface area contributed by atoms with Crippen LogP contribution in [0.25, 0.3) is 0 Å². The number of nitro benzene ring substituents is 1. The second-order valence-electron chi connectivity index (χ2n) is 8.09. The summed E-state index contributed by atoms with van der Waals surface area (Å²) in [6.45, 7) is 3.15. The van der Waals surface area contributed by atoms with Gasteiger partial charge in [0.2, 0.25) is 5.91 Å². The number of nitro groups is 1. The second kappa shape index (κ2) is 8.70. The van der Waals surface area contributed by atoms with Gasteiger partial charge in [-0.05, 0) is 36.8 Å². The first-order valence-corrected chi connectivity index (χ1v) is 10.7. The number of rotatable bonds is 5. The Labute approximate surface area is 194 Å². The number of benzene rings is 2. The molecule has 1 atom stereocenters. The van der Waals surface area contributed by atoms with Crippen LogP contribution in [0.1, 0.15) is 12.5 Å². The number of hydrogen-bond acceptors (Lipinski definition) is 6. The molecule has 0 radical (unpaired) electrons. The molecule has 33 heavy (non-hydrogen) atoms. The number of urea groups is 1. The maximum Gasteiger partial charge on any atom is 0.325 e. The average Bonchev–Trinajstić information content (AvgIpc) is 3.03. The molecule has 1 unspecified atom stereocenters. The zero-order chi connectivity index (χ0) is 23.8. The van der Waals surface area contributed by atoms with E-state index in [9.17, 15) is 24.5 Å². The number of carbonyl (C=O) groups excluding carboxylic acids is 3. The first kappa shape index (κ1) is 22.5. The number of piperazine rings is 1. The number of hydrogen-bond donors (Lipinski definition) is 1. The molecule has 2 aliphatic rings. The van der Waals surface area contributed by atoms with Crippen LogP contribution in [0.5, 0.6) is 0 Å². The fourth-order valence-corrected chi connectivity index (χ4v) is 4.18. The molecule has 2 aromatic rings. The summed E-state index contributed by atoms with van der Waals surface area (Å²) in [5.41, 5.74) is 0.167. The van der Waals surface area contributed by atoms with Gasteiger partial charge in [-0.3, -0.25) is 24.6 Å². The number of non-ortho nitro benzene ring substituents is 1. The van der Waals surface area contributed by atoms with Crippen LogP contribution in [0.3, 0.4) is 0 Å². The van der Waals surface area contributed by atoms with E-state index >= 15 is 0 Å². The molecule has 0 aromatic heterocycles. The summed E-state index contributed by atoms with van der Waals surface area (Å²) < 4.78 is 0. The van der Waals surface area contributed by atoms with Gasteiger partial charge in [-0.2, -0.15) is 0 Å². The first-order valence-electron chi connectivity index (χ1n) is 10.4. The van der Waals surface area contributed by atoms with Gasteiger partial charge in [0, 0.05) is 49.0 Å². The maximum atomic E-state index is 13.0. The highest BCUT2D eigenvalue weighted by Crippen LogP contribution is 2.30. The molecule has 11 heteroatoms. The Morgan fingerprint density at radius 2 is 1.67 bits per heavy atom. The number of halogens is 1. The van der Waals surface area contributed by atoms with Gasteiger partial charge in [0.05, 0.1) is 4.92 Å². The lowest BCUT2D eigenvalue weighted by Gasteiger charge is -2.36. The average molecular weight is 472 g/mol. The van der Waals surface area contributed by atoms with Crippen molar-refractivity contribution >= 4 is 40.8 Å². The third-order valence-corrected chi connectivity index (χ3v) is 6.30. The summed E-state index contributed by atoms with van der Waals surface area (Å²) in [7, 11) is 0. The fourth-order valence-electron chi connectivity index (χ4n) is 4.05. The maximum absolute atomic E-state index is 13.0. The molecule has 4 rings (SSSR count). The molecule has 2 aromatic carbocycles. The van der Waals surface area contributed by atoms with Crippen LogP contribution in [0.4, 0.5) is 16.2 Å². The van der Waals surface area contributed by atoms with E-state index in [0.29, 0.717) is 36.8 Å². The molecule has 1 N–H and O–H groups in total. The molecule has 0 spiro atoms. The van der Waals surface area contributed by atoms with Crippen LogP contribution in [0.2, 0.25) is 5.02 Å². The minimum Gasteiger partial charge on any atom is -0.368 e. The van der Waals surface area contributed by atoms with Gasteiger partial charge < -0.3 is 15.1 Å². The molecule has 2 aliphatic heterocycles. The summed E-state index contributed by atoms with van der Waals surface area (Å²) in [5, 5.41) is 14.0. The lowest BCUT2D eigenvalue weighted by Crippen LogP contribution is -2.52. The van der Waals surface area contributed by atoms with Crippen molar-refractivity contribution in [2.75, 3.05) is 37.6 Å². The molecule has 172 valence electrons. The van der Waals surface area contributed by atoms with Crippen molar-refractivity contribution in [3.8, 4) is 0 Å². The minimum atomic E-state index is -1.27. The zero-order valence-corrected chi connectivity index (χ0v) is 18.6. The van der Waals surface area contributed by atoms with Crippen molar-refractivity contribution in [1.29, 1.82) is 0 Å². The zero-order valence-electron chi connectivity index (χ0n) is 17.9. The molecule has 0 saturated carbocycles. The summed E-state index contributed by atoms with van der Waals surface area (Å²) in [4.78, 5) is 53.3.